The van der Waals surface area contributed by atoms with E-state index in [1.165, 1.54) is 19.3 Å². The predicted octanol–water partition coefficient (Wildman–Crippen LogP) is 6.31. The molecule has 3 aromatic carbocycles. The van der Waals surface area contributed by atoms with Crippen molar-refractivity contribution in [2.45, 2.75) is 25.4 Å². The average Bonchev–Trinajstić information content (AvgIpc) is 2.84. The van der Waals surface area contributed by atoms with Gasteiger partial charge in [-0.3, -0.25) is 0 Å². The van der Waals surface area contributed by atoms with Crippen LogP contribution in [0.3, 0.4) is 0 Å². The van der Waals surface area contributed by atoms with Crippen LogP contribution >= 0.6 is 11.6 Å². The van der Waals surface area contributed by atoms with E-state index in [0.717, 1.165) is 57.6 Å². The standard InChI is InChI=1S/C27H28ClN3O2/c1-33-21-10-12-24-23(16-21)27(22-11-7-19(28)15-25(22)30-24)29-20-8-5-18(6-9-20)26(32)17-31-13-3-2-4-14-31/h5-12,15-16,26,32H,2-4,13-14,17H2,1H3,(H,29,30). The van der Waals surface area contributed by atoms with Crippen LogP contribution in [0.25, 0.3) is 21.8 Å². The monoisotopic (exact) mass is 461 g/mol. The van der Waals surface area contributed by atoms with E-state index in [-0.39, 0.29) is 0 Å². The molecule has 2 N–H and O–H groups in total. The summed E-state index contributed by atoms with van der Waals surface area (Å²) < 4.78 is 5.45. The van der Waals surface area contributed by atoms with Crippen LogP contribution in [0, 0.1) is 0 Å². The fourth-order valence-electron chi connectivity index (χ4n) is 4.58. The van der Waals surface area contributed by atoms with Gasteiger partial charge in [-0.1, -0.05) is 30.2 Å². The van der Waals surface area contributed by atoms with Gasteiger partial charge >= 0.3 is 0 Å². The summed E-state index contributed by atoms with van der Waals surface area (Å²) in [6, 6.07) is 19.6. The molecule has 4 aromatic rings. The minimum atomic E-state index is -0.480. The first-order valence-electron chi connectivity index (χ1n) is 11.4. The van der Waals surface area contributed by atoms with Gasteiger partial charge in [-0.05, 0) is 80.0 Å². The van der Waals surface area contributed by atoms with Gasteiger partial charge in [-0.15, -0.1) is 0 Å². The van der Waals surface area contributed by atoms with Crippen molar-refractivity contribution < 1.29 is 9.84 Å². The first-order valence-corrected chi connectivity index (χ1v) is 11.8. The van der Waals surface area contributed by atoms with Gasteiger partial charge in [0, 0.05) is 28.0 Å². The Morgan fingerprint density at radius 3 is 2.52 bits per heavy atom. The number of ether oxygens (including phenoxy) is 1. The molecule has 1 unspecified atom stereocenters. The molecule has 0 amide bonds. The Kier molecular flexibility index (Phi) is 6.36. The zero-order valence-corrected chi connectivity index (χ0v) is 19.5. The lowest BCUT2D eigenvalue weighted by Gasteiger charge is -2.28. The molecule has 33 heavy (non-hydrogen) atoms. The zero-order valence-electron chi connectivity index (χ0n) is 18.7. The molecular weight excluding hydrogens is 434 g/mol. The number of rotatable bonds is 6. The summed E-state index contributed by atoms with van der Waals surface area (Å²) in [6.45, 7) is 2.84. The molecule has 0 radical (unpaired) electrons. The summed E-state index contributed by atoms with van der Waals surface area (Å²) in [5.41, 5.74) is 4.52. The predicted molar refractivity (Wildman–Crippen MR) is 136 cm³/mol. The average molecular weight is 462 g/mol. The van der Waals surface area contributed by atoms with Crippen molar-refractivity contribution in [3.63, 3.8) is 0 Å². The normalized spacial score (nSPS) is 15.6. The second-order valence-corrected chi connectivity index (χ2v) is 9.09. The van der Waals surface area contributed by atoms with Gasteiger partial charge in [-0.25, -0.2) is 4.98 Å². The summed E-state index contributed by atoms with van der Waals surface area (Å²) in [5, 5.41) is 16.9. The van der Waals surface area contributed by atoms with Gasteiger partial charge in [-0.2, -0.15) is 0 Å². The Balaban J connectivity index is 1.46. The van der Waals surface area contributed by atoms with Crippen LogP contribution in [0.4, 0.5) is 11.4 Å². The van der Waals surface area contributed by atoms with Crippen LogP contribution in [0.1, 0.15) is 30.9 Å². The Morgan fingerprint density at radius 1 is 0.970 bits per heavy atom. The van der Waals surface area contributed by atoms with Crippen molar-refractivity contribution in [2.24, 2.45) is 0 Å². The van der Waals surface area contributed by atoms with E-state index in [1.807, 2.05) is 60.7 Å². The fraction of sp³-hybridized carbons (Fsp3) is 0.296. The van der Waals surface area contributed by atoms with E-state index in [4.69, 9.17) is 21.3 Å². The number of pyridine rings is 1. The highest BCUT2D eigenvalue weighted by Gasteiger charge is 2.16. The second kappa shape index (κ2) is 9.56. The molecule has 1 fully saturated rings. The second-order valence-electron chi connectivity index (χ2n) is 8.66. The maximum atomic E-state index is 10.7. The molecule has 2 heterocycles. The fourth-order valence-corrected chi connectivity index (χ4v) is 4.75. The summed E-state index contributed by atoms with van der Waals surface area (Å²) >= 11 is 6.24. The van der Waals surface area contributed by atoms with Crippen molar-refractivity contribution >= 4 is 44.8 Å². The van der Waals surface area contributed by atoms with E-state index in [2.05, 4.69) is 10.2 Å². The van der Waals surface area contributed by atoms with Crippen molar-refractivity contribution in [2.75, 3.05) is 32.1 Å². The molecule has 1 aliphatic heterocycles. The van der Waals surface area contributed by atoms with Crippen molar-refractivity contribution in [1.29, 1.82) is 0 Å². The number of piperidine rings is 1. The van der Waals surface area contributed by atoms with Crippen molar-refractivity contribution in [3.05, 3.63) is 71.2 Å². The van der Waals surface area contributed by atoms with Gasteiger partial charge in [0.2, 0.25) is 0 Å². The number of aliphatic hydroxyl groups excluding tert-OH is 1. The number of anilines is 2. The number of methoxy groups -OCH3 is 1. The van der Waals surface area contributed by atoms with Crippen molar-refractivity contribution in [3.8, 4) is 5.75 Å². The molecule has 0 aliphatic carbocycles. The molecule has 170 valence electrons. The SMILES string of the molecule is COc1ccc2nc3cc(Cl)ccc3c(Nc3ccc(C(O)CN4CCCCC4)cc3)c2c1. The molecule has 5 rings (SSSR count). The molecule has 1 saturated heterocycles. The van der Waals surface area contributed by atoms with E-state index in [0.29, 0.717) is 11.6 Å². The summed E-state index contributed by atoms with van der Waals surface area (Å²) in [7, 11) is 1.66. The van der Waals surface area contributed by atoms with Gasteiger partial charge in [0.15, 0.2) is 0 Å². The number of hydrogen-bond donors (Lipinski definition) is 2. The lowest BCUT2D eigenvalue weighted by molar-refractivity contribution is 0.101. The number of hydrogen-bond acceptors (Lipinski definition) is 5. The van der Waals surface area contributed by atoms with Crippen LogP contribution in [0.15, 0.2) is 60.7 Å². The topological polar surface area (TPSA) is 57.6 Å². The molecule has 5 nitrogen and oxygen atoms in total. The number of aliphatic hydroxyl groups is 1. The van der Waals surface area contributed by atoms with Crippen molar-refractivity contribution in [1.82, 2.24) is 9.88 Å². The van der Waals surface area contributed by atoms with Crippen LogP contribution in [0.5, 0.6) is 5.75 Å². The molecule has 1 aliphatic rings. The molecule has 6 heteroatoms. The molecule has 0 bridgehead atoms. The van der Waals surface area contributed by atoms with E-state index in [9.17, 15) is 5.11 Å². The minimum absolute atomic E-state index is 0.480. The number of nitrogens with one attached hydrogen (secondary N) is 1. The third kappa shape index (κ3) is 4.76. The first kappa shape index (κ1) is 22.0. The Hall–Kier alpha value is -2.86. The Bertz CT molecular complexity index is 1270. The number of likely N-dealkylation sites (tertiary alicyclic amines) is 1. The van der Waals surface area contributed by atoms with Gasteiger partial charge in [0.1, 0.15) is 5.75 Å². The minimum Gasteiger partial charge on any atom is -0.497 e. The number of nitrogens with zero attached hydrogens (tertiary/aromatic N) is 2. The zero-order chi connectivity index (χ0) is 22.8. The van der Waals surface area contributed by atoms with E-state index in [1.54, 1.807) is 7.11 Å². The maximum Gasteiger partial charge on any atom is 0.119 e. The highest BCUT2D eigenvalue weighted by molar-refractivity contribution is 6.31. The molecule has 1 aromatic heterocycles. The molecular formula is C27H28ClN3O2. The lowest BCUT2D eigenvalue weighted by atomic mass is 10.1. The Morgan fingerprint density at radius 2 is 1.76 bits per heavy atom. The lowest BCUT2D eigenvalue weighted by Crippen LogP contribution is -2.33. The number of benzene rings is 3. The van der Waals surface area contributed by atoms with E-state index < -0.39 is 6.10 Å². The third-order valence-electron chi connectivity index (χ3n) is 6.39. The Labute approximate surface area is 199 Å². The number of fused-ring (bicyclic) bond motifs is 2. The molecule has 0 spiro atoms. The first-order chi connectivity index (χ1) is 16.1. The molecule has 1 atom stereocenters. The number of aromatic nitrogens is 1. The maximum absolute atomic E-state index is 10.7. The molecule has 0 saturated carbocycles. The quantitative estimate of drug-likeness (QED) is 0.329. The smallest absolute Gasteiger partial charge is 0.119 e. The van der Waals surface area contributed by atoms with Crippen LogP contribution in [0.2, 0.25) is 5.02 Å². The number of halogens is 1. The van der Waals surface area contributed by atoms with Crippen LogP contribution in [-0.2, 0) is 0 Å². The van der Waals surface area contributed by atoms with Crippen LogP contribution < -0.4 is 10.1 Å². The third-order valence-corrected chi connectivity index (χ3v) is 6.62. The largest absolute Gasteiger partial charge is 0.497 e. The van der Waals surface area contributed by atoms with E-state index >= 15 is 0 Å². The van der Waals surface area contributed by atoms with Gasteiger partial charge in [0.05, 0.1) is 29.9 Å². The number of β-amino-alcohol motifs (C(OH)–C–C–N with tert-alkyl or cyclic N) is 1. The van der Waals surface area contributed by atoms with Gasteiger partial charge < -0.3 is 20.1 Å². The van der Waals surface area contributed by atoms with Gasteiger partial charge in [0.25, 0.3) is 0 Å². The highest BCUT2D eigenvalue weighted by Crippen LogP contribution is 2.36. The van der Waals surface area contributed by atoms with Crippen LogP contribution in [-0.4, -0.2) is 41.7 Å². The summed E-state index contributed by atoms with van der Waals surface area (Å²) in [5.74, 6) is 0.775. The highest BCUT2D eigenvalue weighted by atomic mass is 35.5. The summed E-state index contributed by atoms with van der Waals surface area (Å²) in [6.07, 6.45) is 3.26. The summed E-state index contributed by atoms with van der Waals surface area (Å²) in [4.78, 5) is 7.15.